The van der Waals surface area contributed by atoms with Crippen LogP contribution in [0.4, 0.5) is 0 Å². The topological polar surface area (TPSA) is 95.0 Å². The highest BCUT2D eigenvalue weighted by atomic mass is 32.2. The van der Waals surface area contributed by atoms with E-state index in [1.54, 1.807) is 6.92 Å². The lowest BCUT2D eigenvalue weighted by Gasteiger charge is -2.28. The Morgan fingerprint density at radius 1 is 1.30 bits per heavy atom. The van der Waals surface area contributed by atoms with Crippen molar-refractivity contribution in [2.24, 2.45) is 5.41 Å². The van der Waals surface area contributed by atoms with E-state index in [1.807, 2.05) is 6.92 Å². The molecule has 0 aliphatic carbocycles. The van der Waals surface area contributed by atoms with E-state index < -0.39 is 27.4 Å². The maximum atomic E-state index is 12.7. The summed E-state index contributed by atoms with van der Waals surface area (Å²) < 4.78 is 26.2. The second kappa shape index (κ2) is 6.76. The van der Waals surface area contributed by atoms with Gasteiger partial charge in [-0.15, -0.1) is 0 Å². The summed E-state index contributed by atoms with van der Waals surface area (Å²) >= 11 is 0. The Labute approximate surface area is 137 Å². The summed E-state index contributed by atoms with van der Waals surface area (Å²) in [5.41, 5.74) is -0.930. The maximum absolute atomic E-state index is 12.7. The van der Waals surface area contributed by atoms with Gasteiger partial charge < -0.3 is 10.0 Å². The quantitative estimate of drug-likeness (QED) is 0.771. The highest BCUT2D eigenvalue weighted by molar-refractivity contribution is 7.89. The smallest absolute Gasteiger partial charge is 0.311 e. The van der Waals surface area contributed by atoms with E-state index in [4.69, 9.17) is 0 Å². The fraction of sp³-hybridized carbons (Fsp3) is 0.867. The average molecular weight is 346 g/mol. The van der Waals surface area contributed by atoms with Crippen LogP contribution in [0.5, 0.6) is 0 Å². The van der Waals surface area contributed by atoms with Crippen LogP contribution in [-0.4, -0.2) is 66.0 Å². The molecule has 2 aliphatic heterocycles. The molecule has 0 aromatic heterocycles. The first-order chi connectivity index (χ1) is 10.7. The normalized spacial score (nSPS) is 29.1. The van der Waals surface area contributed by atoms with Gasteiger partial charge in [0.25, 0.3) is 0 Å². The maximum Gasteiger partial charge on any atom is 0.311 e. The van der Waals surface area contributed by atoms with Crippen molar-refractivity contribution >= 4 is 21.9 Å². The van der Waals surface area contributed by atoms with Crippen molar-refractivity contribution in [1.29, 1.82) is 0 Å². The molecule has 0 spiro atoms. The molecule has 23 heavy (non-hydrogen) atoms. The first kappa shape index (κ1) is 18.2. The third kappa shape index (κ3) is 3.68. The number of carboxylic acids is 1. The molecule has 7 nitrogen and oxygen atoms in total. The molecule has 0 aromatic carbocycles. The van der Waals surface area contributed by atoms with Gasteiger partial charge in [0.05, 0.1) is 11.2 Å². The molecule has 2 aliphatic rings. The lowest BCUT2D eigenvalue weighted by molar-refractivity contribution is -0.147. The van der Waals surface area contributed by atoms with Gasteiger partial charge in [-0.25, -0.2) is 8.42 Å². The van der Waals surface area contributed by atoms with E-state index in [2.05, 4.69) is 0 Å². The predicted octanol–water partition coefficient (Wildman–Crippen LogP) is 0.904. The number of carbonyl (C=O) groups is 2. The second-order valence-electron chi connectivity index (χ2n) is 6.81. The zero-order chi connectivity index (χ0) is 17.3. The fourth-order valence-electron chi connectivity index (χ4n) is 3.30. The number of unbranched alkanes of at least 4 members (excludes halogenated alkanes) is 1. The SMILES string of the molecule is CCCCS(=O)(=O)N1CCCC1C(=O)N1CCC(C)(C(=O)O)C1. The predicted molar refractivity (Wildman–Crippen MR) is 85.4 cm³/mol. The molecular weight excluding hydrogens is 320 g/mol. The van der Waals surface area contributed by atoms with Crippen LogP contribution in [0.25, 0.3) is 0 Å². The van der Waals surface area contributed by atoms with Crippen molar-refractivity contribution < 1.29 is 23.1 Å². The monoisotopic (exact) mass is 346 g/mol. The zero-order valence-electron chi connectivity index (χ0n) is 13.8. The van der Waals surface area contributed by atoms with Crippen LogP contribution < -0.4 is 0 Å². The highest BCUT2D eigenvalue weighted by Gasteiger charge is 2.46. The number of amides is 1. The third-order valence-electron chi connectivity index (χ3n) is 4.90. The van der Waals surface area contributed by atoms with Crippen molar-refractivity contribution in [2.45, 2.75) is 52.0 Å². The minimum Gasteiger partial charge on any atom is -0.481 e. The average Bonchev–Trinajstić information content (AvgIpc) is 3.12. The Balaban J connectivity index is 2.09. The molecule has 2 fully saturated rings. The van der Waals surface area contributed by atoms with Crippen LogP contribution >= 0.6 is 0 Å². The van der Waals surface area contributed by atoms with Gasteiger partial charge in [-0.3, -0.25) is 9.59 Å². The van der Waals surface area contributed by atoms with Crippen molar-refractivity contribution in [3.63, 3.8) is 0 Å². The van der Waals surface area contributed by atoms with Crippen LogP contribution in [0.1, 0.15) is 46.0 Å². The minimum absolute atomic E-state index is 0.0696. The Morgan fingerprint density at radius 3 is 2.57 bits per heavy atom. The van der Waals surface area contributed by atoms with Gasteiger partial charge in [0, 0.05) is 19.6 Å². The number of hydrogen-bond donors (Lipinski definition) is 1. The number of carbonyl (C=O) groups excluding carboxylic acids is 1. The summed E-state index contributed by atoms with van der Waals surface area (Å²) in [7, 11) is -3.42. The summed E-state index contributed by atoms with van der Waals surface area (Å²) in [6, 6.07) is -0.659. The van der Waals surface area contributed by atoms with Gasteiger partial charge in [-0.2, -0.15) is 4.31 Å². The van der Waals surface area contributed by atoms with E-state index >= 15 is 0 Å². The van der Waals surface area contributed by atoms with Crippen molar-refractivity contribution in [3.8, 4) is 0 Å². The Kier molecular flexibility index (Phi) is 5.35. The third-order valence-corrected chi connectivity index (χ3v) is 6.86. The van der Waals surface area contributed by atoms with Gasteiger partial charge in [-0.05, 0) is 32.6 Å². The molecule has 8 heteroatoms. The van der Waals surface area contributed by atoms with Crippen LogP contribution in [-0.2, 0) is 19.6 Å². The summed E-state index contributed by atoms with van der Waals surface area (Å²) in [4.78, 5) is 25.5. The van der Waals surface area contributed by atoms with E-state index in [-0.39, 0.29) is 18.2 Å². The Morgan fingerprint density at radius 2 is 2.00 bits per heavy atom. The highest BCUT2D eigenvalue weighted by Crippen LogP contribution is 2.32. The van der Waals surface area contributed by atoms with E-state index in [0.29, 0.717) is 38.8 Å². The molecule has 132 valence electrons. The zero-order valence-corrected chi connectivity index (χ0v) is 14.6. The fourth-order valence-corrected chi connectivity index (χ4v) is 5.18. The van der Waals surface area contributed by atoms with Crippen LogP contribution in [0.15, 0.2) is 0 Å². The van der Waals surface area contributed by atoms with Crippen LogP contribution in [0.2, 0.25) is 0 Å². The van der Waals surface area contributed by atoms with Crippen molar-refractivity contribution in [3.05, 3.63) is 0 Å². The van der Waals surface area contributed by atoms with E-state index in [9.17, 15) is 23.1 Å². The van der Waals surface area contributed by atoms with Crippen molar-refractivity contribution in [2.75, 3.05) is 25.4 Å². The molecule has 1 amide bonds. The summed E-state index contributed by atoms with van der Waals surface area (Å²) in [6.07, 6.45) is 2.97. The number of carboxylic acid groups (broad SMARTS) is 1. The standard InChI is InChI=1S/C15H26N2O5S/c1-3-4-10-23(21,22)17-8-5-6-12(17)13(18)16-9-7-15(2,11-16)14(19)20/h12H,3-11H2,1-2H3,(H,19,20). The lowest BCUT2D eigenvalue weighted by atomic mass is 9.90. The van der Waals surface area contributed by atoms with Crippen LogP contribution in [0, 0.1) is 5.41 Å². The molecule has 0 aromatic rings. The molecule has 2 unspecified atom stereocenters. The largest absolute Gasteiger partial charge is 0.481 e. The first-order valence-corrected chi connectivity index (χ1v) is 9.84. The van der Waals surface area contributed by atoms with Gasteiger partial charge in [-0.1, -0.05) is 13.3 Å². The summed E-state index contributed by atoms with van der Waals surface area (Å²) in [5.74, 6) is -1.08. The number of likely N-dealkylation sites (tertiary alicyclic amines) is 1. The lowest BCUT2D eigenvalue weighted by Crippen LogP contribution is -2.48. The molecule has 0 saturated carbocycles. The number of aliphatic carboxylic acids is 1. The van der Waals surface area contributed by atoms with Crippen molar-refractivity contribution in [1.82, 2.24) is 9.21 Å². The molecule has 0 radical (unpaired) electrons. The number of rotatable bonds is 6. The van der Waals surface area contributed by atoms with Gasteiger partial charge in [0.15, 0.2) is 0 Å². The minimum atomic E-state index is -3.42. The molecule has 2 heterocycles. The first-order valence-electron chi connectivity index (χ1n) is 8.23. The second-order valence-corrected chi connectivity index (χ2v) is 8.86. The number of sulfonamides is 1. The summed E-state index contributed by atoms with van der Waals surface area (Å²) in [5, 5.41) is 9.27. The Bertz CT molecular complexity index is 576. The molecule has 2 rings (SSSR count). The number of hydrogen-bond acceptors (Lipinski definition) is 4. The molecule has 2 atom stereocenters. The summed E-state index contributed by atoms with van der Waals surface area (Å²) in [6.45, 7) is 4.47. The molecule has 2 saturated heterocycles. The van der Waals surface area contributed by atoms with Crippen LogP contribution in [0.3, 0.4) is 0 Å². The Hall–Kier alpha value is -1.15. The van der Waals surface area contributed by atoms with Gasteiger partial charge in [0.2, 0.25) is 15.9 Å². The van der Waals surface area contributed by atoms with Gasteiger partial charge >= 0.3 is 5.97 Å². The molecular formula is C15H26N2O5S. The molecule has 1 N–H and O–H groups in total. The molecule has 0 bridgehead atoms. The van der Waals surface area contributed by atoms with E-state index in [1.165, 1.54) is 9.21 Å². The number of nitrogens with zero attached hydrogens (tertiary/aromatic N) is 2. The van der Waals surface area contributed by atoms with E-state index in [0.717, 1.165) is 6.42 Å². The van der Waals surface area contributed by atoms with Gasteiger partial charge in [0.1, 0.15) is 6.04 Å².